The maximum Gasteiger partial charge on any atom is 0.260 e. The Kier molecular flexibility index (Phi) is 3.47. The van der Waals surface area contributed by atoms with E-state index in [1.165, 1.54) is 0 Å². The Labute approximate surface area is 130 Å². The first-order valence-corrected chi connectivity index (χ1v) is 7.15. The molecule has 0 aliphatic rings. The van der Waals surface area contributed by atoms with E-state index in [1.807, 2.05) is 32.0 Å². The summed E-state index contributed by atoms with van der Waals surface area (Å²) in [6, 6.07) is 5.85. The first-order chi connectivity index (χ1) is 10.0. The standard InChI is InChI=1S/C15H13BrN4O/c1-8-3-9(2)13(17)12(4-8)15-19-14(20-21-15)10-5-11(16)7-18-6-10/h3-7H,17H2,1-2H3. The monoisotopic (exact) mass is 344 g/mol. The van der Waals surface area contributed by atoms with Crippen LogP contribution in [0.5, 0.6) is 0 Å². The summed E-state index contributed by atoms with van der Waals surface area (Å²) in [7, 11) is 0. The van der Waals surface area contributed by atoms with Crippen molar-refractivity contribution in [2.75, 3.05) is 5.73 Å². The van der Waals surface area contributed by atoms with Crippen LogP contribution in [0.3, 0.4) is 0 Å². The van der Waals surface area contributed by atoms with Gasteiger partial charge in [0.05, 0.1) is 5.56 Å². The van der Waals surface area contributed by atoms with E-state index in [0.717, 1.165) is 26.7 Å². The van der Waals surface area contributed by atoms with Crippen molar-refractivity contribution in [2.24, 2.45) is 0 Å². The Balaban J connectivity index is 2.07. The van der Waals surface area contributed by atoms with Crippen LogP contribution >= 0.6 is 15.9 Å². The van der Waals surface area contributed by atoms with Gasteiger partial charge in [0.1, 0.15) is 0 Å². The van der Waals surface area contributed by atoms with Gasteiger partial charge in [-0.3, -0.25) is 4.98 Å². The van der Waals surface area contributed by atoms with Crippen molar-refractivity contribution < 1.29 is 4.52 Å². The maximum atomic E-state index is 6.11. The predicted molar refractivity (Wildman–Crippen MR) is 84.6 cm³/mol. The summed E-state index contributed by atoms with van der Waals surface area (Å²) in [5.41, 5.74) is 10.4. The van der Waals surface area contributed by atoms with Crippen molar-refractivity contribution in [1.29, 1.82) is 0 Å². The Morgan fingerprint density at radius 1 is 1.14 bits per heavy atom. The topological polar surface area (TPSA) is 77.8 Å². The van der Waals surface area contributed by atoms with Crippen molar-refractivity contribution in [2.45, 2.75) is 13.8 Å². The average molecular weight is 345 g/mol. The zero-order valence-corrected chi connectivity index (χ0v) is 13.2. The lowest BCUT2D eigenvalue weighted by atomic mass is 10.0. The van der Waals surface area contributed by atoms with E-state index in [4.69, 9.17) is 10.3 Å². The average Bonchev–Trinajstić information content (AvgIpc) is 2.92. The second-order valence-corrected chi connectivity index (χ2v) is 5.77. The molecular formula is C15H13BrN4O. The maximum absolute atomic E-state index is 6.11. The number of hydrogen-bond acceptors (Lipinski definition) is 5. The van der Waals surface area contributed by atoms with E-state index in [1.54, 1.807) is 12.4 Å². The summed E-state index contributed by atoms with van der Waals surface area (Å²) in [5, 5.41) is 4.00. The number of hydrogen-bond donors (Lipinski definition) is 1. The Morgan fingerprint density at radius 3 is 2.71 bits per heavy atom. The third-order valence-electron chi connectivity index (χ3n) is 3.15. The molecule has 2 N–H and O–H groups in total. The van der Waals surface area contributed by atoms with Crippen molar-refractivity contribution in [3.8, 4) is 22.8 Å². The van der Waals surface area contributed by atoms with Gasteiger partial charge in [-0.25, -0.2) is 0 Å². The molecule has 0 aliphatic carbocycles. The van der Waals surface area contributed by atoms with Crippen molar-refractivity contribution in [3.63, 3.8) is 0 Å². The zero-order chi connectivity index (χ0) is 15.0. The molecular weight excluding hydrogens is 332 g/mol. The molecule has 3 aromatic rings. The first-order valence-electron chi connectivity index (χ1n) is 6.36. The van der Waals surface area contributed by atoms with Crippen LogP contribution in [-0.4, -0.2) is 15.1 Å². The number of rotatable bonds is 2. The van der Waals surface area contributed by atoms with Gasteiger partial charge in [0.25, 0.3) is 5.89 Å². The molecule has 0 radical (unpaired) electrons. The van der Waals surface area contributed by atoms with Gasteiger partial charge in [0.2, 0.25) is 5.82 Å². The number of halogens is 1. The van der Waals surface area contributed by atoms with Crippen molar-refractivity contribution >= 4 is 21.6 Å². The molecule has 2 aromatic heterocycles. The molecule has 0 bridgehead atoms. The molecule has 0 amide bonds. The highest BCUT2D eigenvalue weighted by Crippen LogP contribution is 2.30. The molecule has 5 nitrogen and oxygen atoms in total. The smallest absolute Gasteiger partial charge is 0.260 e. The van der Waals surface area contributed by atoms with E-state index >= 15 is 0 Å². The molecule has 6 heteroatoms. The highest BCUT2D eigenvalue weighted by molar-refractivity contribution is 9.10. The number of aryl methyl sites for hydroxylation is 2. The van der Waals surface area contributed by atoms with Gasteiger partial charge in [0, 0.05) is 28.1 Å². The van der Waals surface area contributed by atoms with Gasteiger partial charge in [-0.2, -0.15) is 4.98 Å². The van der Waals surface area contributed by atoms with Crippen LogP contribution in [0.4, 0.5) is 5.69 Å². The van der Waals surface area contributed by atoms with Crippen LogP contribution in [0.25, 0.3) is 22.8 Å². The fourth-order valence-electron chi connectivity index (χ4n) is 2.14. The van der Waals surface area contributed by atoms with Gasteiger partial charge in [-0.05, 0) is 53.0 Å². The summed E-state index contributed by atoms with van der Waals surface area (Å²) >= 11 is 3.37. The van der Waals surface area contributed by atoms with Crippen LogP contribution < -0.4 is 5.73 Å². The highest BCUT2D eigenvalue weighted by Gasteiger charge is 2.15. The molecule has 0 unspecified atom stereocenters. The van der Waals surface area contributed by atoms with Crippen molar-refractivity contribution in [3.05, 3.63) is 46.2 Å². The number of nitrogens with two attached hydrogens (primary N) is 1. The Morgan fingerprint density at radius 2 is 1.95 bits per heavy atom. The number of benzene rings is 1. The van der Waals surface area contributed by atoms with Gasteiger partial charge in [0.15, 0.2) is 0 Å². The summed E-state index contributed by atoms with van der Waals surface area (Å²) in [6.07, 6.45) is 3.39. The molecule has 0 fully saturated rings. The van der Waals surface area contributed by atoms with Gasteiger partial charge in [-0.1, -0.05) is 11.2 Å². The summed E-state index contributed by atoms with van der Waals surface area (Å²) < 4.78 is 6.21. The number of aromatic nitrogens is 3. The molecule has 0 spiro atoms. The minimum atomic E-state index is 0.411. The van der Waals surface area contributed by atoms with E-state index in [-0.39, 0.29) is 0 Å². The molecule has 3 rings (SSSR count). The van der Waals surface area contributed by atoms with Gasteiger partial charge in [-0.15, -0.1) is 0 Å². The number of nitrogens with zero attached hydrogens (tertiary/aromatic N) is 3. The second-order valence-electron chi connectivity index (χ2n) is 4.86. The minimum absolute atomic E-state index is 0.411. The lowest BCUT2D eigenvalue weighted by molar-refractivity contribution is 0.432. The molecule has 0 saturated carbocycles. The van der Waals surface area contributed by atoms with Gasteiger partial charge < -0.3 is 10.3 Å². The Bertz CT molecular complexity index is 813. The Hall–Kier alpha value is -2.21. The quantitative estimate of drug-likeness (QED) is 0.716. The highest BCUT2D eigenvalue weighted by atomic mass is 79.9. The third kappa shape index (κ3) is 2.67. The summed E-state index contributed by atoms with van der Waals surface area (Å²) in [5.74, 6) is 0.895. The SMILES string of the molecule is Cc1cc(C)c(N)c(-c2nc(-c3cncc(Br)c3)no2)c1. The van der Waals surface area contributed by atoms with Crippen LogP contribution in [0.1, 0.15) is 11.1 Å². The molecule has 0 saturated heterocycles. The second kappa shape index (κ2) is 5.29. The van der Waals surface area contributed by atoms with Crippen LogP contribution in [0.2, 0.25) is 0 Å². The van der Waals surface area contributed by atoms with E-state index < -0.39 is 0 Å². The van der Waals surface area contributed by atoms with E-state index in [2.05, 4.69) is 31.1 Å². The first kappa shape index (κ1) is 13.8. The van der Waals surface area contributed by atoms with E-state index in [0.29, 0.717) is 17.4 Å². The minimum Gasteiger partial charge on any atom is -0.398 e. The normalized spacial score (nSPS) is 10.8. The molecule has 1 aromatic carbocycles. The molecule has 0 aliphatic heterocycles. The van der Waals surface area contributed by atoms with Crippen LogP contribution in [0.15, 0.2) is 39.6 Å². The summed E-state index contributed by atoms with van der Waals surface area (Å²) in [4.78, 5) is 8.51. The van der Waals surface area contributed by atoms with Crippen LogP contribution in [0, 0.1) is 13.8 Å². The van der Waals surface area contributed by atoms with Crippen molar-refractivity contribution in [1.82, 2.24) is 15.1 Å². The molecule has 0 atom stereocenters. The number of anilines is 1. The largest absolute Gasteiger partial charge is 0.398 e. The summed E-state index contributed by atoms with van der Waals surface area (Å²) in [6.45, 7) is 3.97. The molecule has 2 heterocycles. The molecule has 106 valence electrons. The zero-order valence-electron chi connectivity index (χ0n) is 11.6. The van der Waals surface area contributed by atoms with Crippen LogP contribution in [-0.2, 0) is 0 Å². The lowest BCUT2D eigenvalue weighted by Gasteiger charge is -2.06. The number of nitrogen functional groups attached to an aromatic ring is 1. The third-order valence-corrected chi connectivity index (χ3v) is 3.58. The predicted octanol–water partition coefficient (Wildman–Crippen LogP) is 3.76. The molecule has 21 heavy (non-hydrogen) atoms. The number of pyridine rings is 1. The lowest BCUT2D eigenvalue weighted by Crippen LogP contribution is -1.95. The fourth-order valence-corrected chi connectivity index (χ4v) is 2.50. The van der Waals surface area contributed by atoms with E-state index in [9.17, 15) is 0 Å². The fraction of sp³-hybridized carbons (Fsp3) is 0.133. The van der Waals surface area contributed by atoms with Gasteiger partial charge >= 0.3 is 0 Å².